The first-order valence-corrected chi connectivity index (χ1v) is 7.02. The van der Waals surface area contributed by atoms with Gasteiger partial charge in [0.25, 0.3) is 0 Å². The van der Waals surface area contributed by atoms with E-state index in [-0.39, 0.29) is 0 Å². The van der Waals surface area contributed by atoms with Crippen LogP contribution in [-0.2, 0) is 6.54 Å². The van der Waals surface area contributed by atoms with E-state index in [0.29, 0.717) is 5.92 Å². The number of hydrogen-bond donors (Lipinski definition) is 1. The van der Waals surface area contributed by atoms with Gasteiger partial charge in [-0.1, -0.05) is 0 Å². The third kappa shape index (κ3) is 2.27. The molecule has 0 aliphatic carbocycles. The Morgan fingerprint density at radius 1 is 1.00 bits per heavy atom. The van der Waals surface area contributed by atoms with Gasteiger partial charge in [0, 0.05) is 48.9 Å². The highest BCUT2D eigenvalue weighted by Crippen LogP contribution is 2.28. The van der Waals surface area contributed by atoms with Crippen LogP contribution in [0.2, 0.25) is 0 Å². The van der Waals surface area contributed by atoms with E-state index in [4.69, 9.17) is 5.10 Å². The summed E-state index contributed by atoms with van der Waals surface area (Å²) in [7, 11) is 0. The monoisotopic (exact) mass is 277 g/mol. The van der Waals surface area contributed by atoms with E-state index in [0.717, 1.165) is 30.2 Å². The quantitative estimate of drug-likeness (QED) is 0.782. The Labute approximate surface area is 122 Å². The van der Waals surface area contributed by atoms with Gasteiger partial charge in [-0.15, -0.1) is 0 Å². The van der Waals surface area contributed by atoms with E-state index >= 15 is 0 Å². The summed E-state index contributed by atoms with van der Waals surface area (Å²) in [6.07, 6.45) is 7.27. The van der Waals surface area contributed by atoms with E-state index in [1.54, 1.807) is 12.4 Å². The maximum absolute atomic E-state index is 4.71. The molecule has 0 fully saturated rings. The molecule has 0 aromatic carbocycles. The minimum atomic E-state index is 0.422. The highest BCUT2D eigenvalue weighted by molar-refractivity contribution is 5.62. The number of anilines is 1. The van der Waals surface area contributed by atoms with Gasteiger partial charge in [0.1, 0.15) is 5.82 Å². The van der Waals surface area contributed by atoms with Crippen molar-refractivity contribution in [3.63, 3.8) is 0 Å². The molecule has 4 rings (SSSR count). The fraction of sp³-hybridized carbons (Fsp3) is 0.188. The van der Waals surface area contributed by atoms with Crippen LogP contribution in [0.15, 0.2) is 55.1 Å². The molecule has 5 nitrogen and oxygen atoms in total. The number of rotatable bonds is 2. The molecule has 0 saturated carbocycles. The summed E-state index contributed by atoms with van der Waals surface area (Å²) in [6, 6.07) is 10.2. The molecule has 0 bridgehead atoms. The molecule has 0 amide bonds. The summed E-state index contributed by atoms with van der Waals surface area (Å²) in [5.41, 5.74) is 3.37. The lowest BCUT2D eigenvalue weighted by atomic mass is 9.99. The Kier molecular flexibility index (Phi) is 2.88. The molecule has 0 saturated heterocycles. The third-order valence-electron chi connectivity index (χ3n) is 3.86. The fourth-order valence-corrected chi connectivity index (χ4v) is 2.72. The zero-order valence-electron chi connectivity index (χ0n) is 11.5. The molecular weight excluding hydrogens is 262 g/mol. The largest absolute Gasteiger partial charge is 0.370 e. The van der Waals surface area contributed by atoms with Crippen LogP contribution in [0.1, 0.15) is 11.5 Å². The van der Waals surface area contributed by atoms with Crippen LogP contribution in [-0.4, -0.2) is 26.3 Å². The SMILES string of the molecule is c1cc(-c2cc3n(n2)CC(c2ccncc2)CN3)ccn1. The van der Waals surface area contributed by atoms with Crippen molar-refractivity contribution in [3.8, 4) is 11.3 Å². The highest BCUT2D eigenvalue weighted by Gasteiger charge is 2.21. The topological polar surface area (TPSA) is 55.6 Å². The summed E-state index contributed by atoms with van der Waals surface area (Å²) in [5.74, 6) is 1.50. The third-order valence-corrected chi connectivity index (χ3v) is 3.86. The molecule has 1 N–H and O–H groups in total. The van der Waals surface area contributed by atoms with Crippen molar-refractivity contribution in [3.05, 3.63) is 60.7 Å². The average Bonchev–Trinajstić information content (AvgIpc) is 2.99. The number of hydrogen-bond acceptors (Lipinski definition) is 4. The van der Waals surface area contributed by atoms with Gasteiger partial charge in [-0.3, -0.25) is 9.97 Å². The van der Waals surface area contributed by atoms with Gasteiger partial charge in [-0.25, -0.2) is 4.68 Å². The Morgan fingerprint density at radius 2 is 1.71 bits per heavy atom. The van der Waals surface area contributed by atoms with Gasteiger partial charge >= 0.3 is 0 Å². The molecule has 21 heavy (non-hydrogen) atoms. The molecule has 4 heterocycles. The van der Waals surface area contributed by atoms with Crippen molar-refractivity contribution in [2.24, 2.45) is 0 Å². The van der Waals surface area contributed by atoms with E-state index in [2.05, 4.69) is 33.5 Å². The second kappa shape index (κ2) is 5.01. The van der Waals surface area contributed by atoms with Gasteiger partial charge in [-0.05, 0) is 29.8 Å². The van der Waals surface area contributed by atoms with Gasteiger partial charge in [0.15, 0.2) is 0 Å². The van der Waals surface area contributed by atoms with Gasteiger partial charge in [-0.2, -0.15) is 5.10 Å². The second-order valence-corrected chi connectivity index (χ2v) is 5.19. The van der Waals surface area contributed by atoms with Crippen molar-refractivity contribution in [1.29, 1.82) is 0 Å². The van der Waals surface area contributed by atoms with E-state index in [1.807, 2.05) is 29.2 Å². The van der Waals surface area contributed by atoms with Gasteiger partial charge in [0.05, 0.1) is 12.2 Å². The predicted octanol–water partition coefficient (Wildman–Crippen LogP) is 2.55. The van der Waals surface area contributed by atoms with Crippen molar-refractivity contribution >= 4 is 5.82 Å². The molecule has 0 radical (unpaired) electrons. The Morgan fingerprint density at radius 3 is 2.48 bits per heavy atom. The smallest absolute Gasteiger partial charge is 0.124 e. The molecule has 104 valence electrons. The van der Waals surface area contributed by atoms with Crippen molar-refractivity contribution in [1.82, 2.24) is 19.7 Å². The van der Waals surface area contributed by atoms with Crippen LogP contribution in [0.3, 0.4) is 0 Å². The first-order chi connectivity index (χ1) is 10.4. The number of nitrogens with one attached hydrogen (secondary N) is 1. The molecule has 0 spiro atoms. The maximum atomic E-state index is 4.71. The maximum Gasteiger partial charge on any atom is 0.124 e. The van der Waals surface area contributed by atoms with Crippen LogP contribution >= 0.6 is 0 Å². The molecule has 1 aliphatic heterocycles. The highest BCUT2D eigenvalue weighted by atomic mass is 15.3. The zero-order chi connectivity index (χ0) is 14.1. The van der Waals surface area contributed by atoms with Gasteiger partial charge < -0.3 is 5.32 Å². The van der Waals surface area contributed by atoms with Crippen molar-refractivity contribution in [2.45, 2.75) is 12.5 Å². The van der Waals surface area contributed by atoms with E-state index in [9.17, 15) is 0 Å². The minimum Gasteiger partial charge on any atom is -0.370 e. The van der Waals surface area contributed by atoms with Crippen LogP contribution in [0, 0.1) is 0 Å². The lowest BCUT2D eigenvalue weighted by Crippen LogP contribution is -2.26. The molecule has 1 atom stereocenters. The second-order valence-electron chi connectivity index (χ2n) is 5.19. The Bertz CT molecular complexity index is 736. The van der Waals surface area contributed by atoms with Gasteiger partial charge in [0.2, 0.25) is 0 Å². The molecule has 1 aliphatic rings. The summed E-state index contributed by atoms with van der Waals surface area (Å²) >= 11 is 0. The molecule has 3 aromatic heterocycles. The molecular formula is C16H15N5. The number of fused-ring (bicyclic) bond motifs is 1. The summed E-state index contributed by atoms with van der Waals surface area (Å²) in [6.45, 7) is 1.81. The lowest BCUT2D eigenvalue weighted by molar-refractivity contribution is 0.506. The summed E-state index contributed by atoms with van der Waals surface area (Å²) in [5, 5.41) is 8.17. The minimum absolute atomic E-state index is 0.422. The summed E-state index contributed by atoms with van der Waals surface area (Å²) in [4.78, 5) is 8.13. The fourth-order valence-electron chi connectivity index (χ4n) is 2.72. The lowest BCUT2D eigenvalue weighted by Gasteiger charge is -2.24. The van der Waals surface area contributed by atoms with Crippen LogP contribution in [0.4, 0.5) is 5.82 Å². The van der Waals surface area contributed by atoms with Crippen LogP contribution < -0.4 is 5.32 Å². The van der Waals surface area contributed by atoms with Crippen LogP contribution in [0.5, 0.6) is 0 Å². The normalized spacial score (nSPS) is 17.0. The first kappa shape index (κ1) is 12.1. The Hall–Kier alpha value is -2.69. The summed E-state index contributed by atoms with van der Waals surface area (Å²) < 4.78 is 2.05. The molecule has 1 unspecified atom stereocenters. The number of nitrogens with zero attached hydrogens (tertiary/aromatic N) is 4. The number of aromatic nitrogens is 4. The average molecular weight is 277 g/mol. The van der Waals surface area contributed by atoms with Crippen LogP contribution in [0.25, 0.3) is 11.3 Å². The first-order valence-electron chi connectivity index (χ1n) is 7.02. The van der Waals surface area contributed by atoms with Crippen molar-refractivity contribution < 1.29 is 0 Å². The number of pyridine rings is 2. The van der Waals surface area contributed by atoms with E-state index in [1.165, 1.54) is 5.56 Å². The predicted molar refractivity (Wildman–Crippen MR) is 80.9 cm³/mol. The zero-order valence-corrected chi connectivity index (χ0v) is 11.5. The van der Waals surface area contributed by atoms with Crippen molar-refractivity contribution in [2.75, 3.05) is 11.9 Å². The molecule has 3 aromatic rings. The van der Waals surface area contributed by atoms with E-state index < -0.39 is 0 Å². The Balaban J connectivity index is 1.63. The molecule has 5 heteroatoms. The standard InChI is InChI=1S/C16H15N5/c1-5-17-6-2-12(1)14-10-19-16-9-15(20-21(16)11-14)13-3-7-18-8-4-13/h1-9,14,19H,10-11H2.